The lowest BCUT2D eigenvalue weighted by Gasteiger charge is -2.13. The second-order valence-electron chi connectivity index (χ2n) is 6.54. The average Bonchev–Trinajstić information content (AvgIpc) is 2.80. The van der Waals surface area contributed by atoms with Gasteiger partial charge in [-0.25, -0.2) is 8.42 Å². The first-order chi connectivity index (χ1) is 14.1. The summed E-state index contributed by atoms with van der Waals surface area (Å²) in [6.45, 7) is 1.67. The molecule has 0 spiro atoms. The van der Waals surface area contributed by atoms with Crippen molar-refractivity contribution >= 4 is 62.1 Å². The summed E-state index contributed by atoms with van der Waals surface area (Å²) < 4.78 is 33.9. The maximum atomic E-state index is 12.8. The van der Waals surface area contributed by atoms with Crippen molar-refractivity contribution in [2.75, 3.05) is 10.0 Å². The van der Waals surface area contributed by atoms with Crippen molar-refractivity contribution in [3.63, 3.8) is 0 Å². The largest absolute Gasteiger partial charge is 0.454 e. The van der Waals surface area contributed by atoms with Crippen LogP contribution in [0.5, 0.6) is 11.5 Å². The van der Waals surface area contributed by atoms with Gasteiger partial charge in [0.1, 0.15) is 10.6 Å². The smallest absolute Gasteiger partial charge is 0.263 e. The van der Waals surface area contributed by atoms with Crippen molar-refractivity contribution in [1.29, 1.82) is 0 Å². The van der Waals surface area contributed by atoms with Crippen molar-refractivity contribution < 1.29 is 17.9 Å². The first-order valence-electron chi connectivity index (χ1n) is 8.55. The molecule has 4 rings (SSSR count). The molecule has 0 atom stereocenters. The number of amides is 1. The van der Waals surface area contributed by atoms with Crippen LogP contribution in [0.1, 0.15) is 15.9 Å². The molecule has 2 N–H and O–H groups in total. The van der Waals surface area contributed by atoms with Gasteiger partial charge in [-0.1, -0.05) is 34.8 Å². The minimum absolute atomic E-state index is 0.0127. The molecule has 10 heteroatoms. The highest BCUT2D eigenvalue weighted by atomic mass is 35.5. The summed E-state index contributed by atoms with van der Waals surface area (Å²) in [6, 6.07) is 12.0. The van der Waals surface area contributed by atoms with E-state index in [0.29, 0.717) is 27.0 Å². The predicted octanol–water partition coefficient (Wildman–Crippen LogP) is 6.11. The third-order valence-electron chi connectivity index (χ3n) is 4.39. The molecular weight excluding hydrogens is 471 g/mol. The molecule has 3 aromatic rings. The molecule has 3 aromatic carbocycles. The van der Waals surface area contributed by atoms with E-state index in [1.165, 1.54) is 30.3 Å². The molecule has 1 aliphatic heterocycles. The van der Waals surface area contributed by atoms with E-state index in [-0.39, 0.29) is 26.9 Å². The number of halogens is 3. The topological polar surface area (TPSA) is 84.5 Å². The van der Waals surface area contributed by atoms with Crippen LogP contribution in [0.2, 0.25) is 15.1 Å². The Morgan fingerprint density at radius 2 is 1.67 bits per heavy atom. The molecule has 154 valence electrons. The first-order valence-corrected chi connectivity index (χ1v) is 11.2. The normalized spacial score (nSPS) is 12.9. The van der Waals surface area contributed by atoms with E-state index in [2.05, 4.69) is 10.0 Å². The van der Waals surface area contributed by atoms with Gasteiger partial charge in [-0.15, -0.1) is 0 Å². The van der Waals surface area contributed by atoms with Crippen LogP contribution in [0.25, 0.3) is 0 Å². The summed E-state index contributed by atoms with van der Waals surface area (Å²) in [4.78, 5) is 12.5. The lowest BCUT2D eigenvalue weighted by atomic mass is 10.1. The fourth-order valence-electron chi connectivity index (χ4n) is 2.90. The molecule has 0 aromatic heterocycles. The van der Waals surface area contributed by atoms with Gasteiger partial charge < -0.3 is 10.1 Å². The maximum Gasteiger partial charge on any atom is 0.263 e. The second-order valence-corrected chi connectivity index (χ2v) is 9.45. The van der Waals surface area contributed by atoms with Gasteiger partial charge in [-0.3, -0.25) is 9.52 Å². The van der Waals surface area contributed by atoms with Crippen LogP contribution < -0.4 is 14.8 Å². The minimum atomic E-state index is -4.03. The zero-order valence-corrected chi connectivity index (χ0v) is 18.4. The number of carbonyl (C=O) groups excluding carboxylic acids is 1. The summed E-state index contributed by atoms with van der Waals surface area (Å²) >= 11 is 18.0. The van der Waals surface area contributed by atoms with Crippen molar-refractivity contribution in [2.45, 2.75) is 11.8 Å². The van der Waals surface area contributed by atoms with Gasteiger partial charge in [0.05, 0.1) is 16.3 Å². The Kier molecular flexibility index (Phi) is 5.32. The molecule has 0 unspecified atom stereocenters. The van der Waals surface area contributed by atoms with E-state index in [0.717, 1.165) is 0 Å². The molecule has 1 aliphatic rings. The molecule has 0 radical (unpaired) electrons. The number of rotatable bonds is 3. The Morgan fingerprint density at radius 1 is 0.933 bits per heavy atom. The number of aryl methyl sites for hydroxylation is 1. The van der Waals surface area contributed by atoms with Gasteiger partial charge in [-0.2, -0.15) is 0 Å². The van der Waals surface area contributed by atoms with E-state index in [4.69, 9.17) is 39.5 Å². The number of hydrogen-bond acceptors (Lipinski definition) is 4. The van der Waals surface area contributed by atoms with Gasteiger partial charge in [0.15, 0.2) is 5.75 Å². The Morgan fingerprint density at radius 3 is 2.43 bits per heavy atom. The number of sulfonamides is 1. The second kappa shape index (κ2) is 7.67. The SMILES string of the molecule is Cc1cc(S(=O)(=O)Nc2ccc3c(c2)C(=O)Nc2cc(Cl)ccc2O3)c(Cl)cc1Cl. The lowest BCUT2D eigenvalue weighted by Crippen LogP contribution is -2.15. The number of carbonyl (C=O) groups is 1. The Bertz CT molecular complexity index is 1310. The molecular formula is C20H13Cl3N2O4S. The third-order valence-corrected chi connectivity index (χ3v) is 6.88. The number of nitrogens with one attached hydrogen (secondary N) is 2. The van der Waals surface area contributed by atoms with Crippen LogP contribution in [-0.4, -0.2) is 14.3 Å². The van der Waals surface area contributed by atoms with E-state index in [1.54, 1.807) is 25.1 Å². The van der Waals surface area contributed by atoms with Crippen molar-refractivity contribution in [3.8, 4) is 11.5 Å². The van der Waals surface area contributed by atoms with Crippen molar-refractivity contribution in [2.24, 2.45) is 0 Å². The summed E-state index contributed by atoms with van der Waals surface area (Å²) in [5.74, 6) is 0.229. The Balaban J connectivity index is 1.69. The first kappa shape index (κ1) is 20.8. The summed E-state index contributed by atoms with van der Waals surface area (Å²) in [5, 5.41) is 3.49. The van der Waals surface area contributed by atoms with E-state index >= 15 is 0 Å². The number of anilines is 2. The van der Waals surface area contributed by atoms with E-state index in [1.807, 2.05) is 0 Å². The van der Waals surface area contributed by atoms with E-state index in [9.17, 15) is 13.2 Å². The van der Waals surface area contributed by atoms with Crippen molar-refractivity contribution in [3.05, 3.63) is 74.7 Å². The van der Waals surface area contributed by atoms with Crippen molar-refractivity contribution in [1.82, 2.24) is 0 Å². The zero-order valence-electron chi connectivity index (χ0n) is 15.3. The number of benzene rings is 3. The Labute approximate surface area is 187 Å². The van der Waals surface area contributed by atoms with Gasteiger partial charge >= 0.3 is 0 Å². The number of ether oxygens (including phenoxy) is 1. The molecule has 30 heavy (non-hydrogen) atoms. The molecule has 0 aliphatic carbocycles. The van der Waals surface area contributed by atoms with Gasteiger partial charge in [0.25, 0.3) is 15.9 Å². The molecule has 0 bridgehead atoms. The summed E-state index contributed by atoms with van der Waals surface area (Å²) in [5.41, 5.74) is 1.29. The third kappa shape index (κ3) is 3.94. The van der Waals surface area contributed by atoms with Gasteiger partial charge in [0.2, 0.25) is 0 Å². The zero-order chi connectivity index (χ0) is 21.6. The quantitative estimate of drug-likeness (QED) is 0.470. The molecule has 0 saturated heterocycles. The highest BCUT2D eigenvalue weighted by Gasteiger charge is 2.24. The molecule has 0 fully saturated rings. The van der Waals surface area contributed by atoms with Crippen LogP contribution in [0.15, 0.2) is 53.4 Å². The van der Waals surface area contributed by atoms with Crippen LogP contribution in [0.3, 0.4) is 0 Å². The predicted molar refractivity (Wildman–Crippen MR) is 118 cm³/mol. The van der Waals surface area contributed by atoms with Crippen LogP contribution >= 0.6 is 34.8 Å². The van der Waals surface area contributed by atoms with Gasteiger partial charge in [-0.05, 0) is 61.0 Å². The van der Waals surface area contributed by atoms with Crippen LogP contribution in [0, 0.1) is 6.92 Å². The van der Waals surface area contributed by atoms with Crippen LogP contribution in [-0.2, 0) is 10.0 Å². The van der Waals surface area contributed by atoms with Gasteiger partial charge in [0, 0.05) is 15.7 Å². The fraction of sp³-hybridized carbons (Fsp3) is 0.0500. The van der Waals surface area contributed by atoms with Crippen LogP contribution in [0.4, 0.5) is 11.4 Å². The fourth-order valence-corrected chi connectivity index (χ4v) is 4.96. The highest BCUT2D eigenvalue weighted by molar-refractivity contribution is 7.92. The molecule has 0 saturated carbocycles. The lowest BCUT2D eigenvalue weighted by molar-refractivity contribution is 0.102. The standard InChI is InChI=1S/C20H13Cl3N2O4S/c1-10-6-19(15(23)9-14(10)22)30(27,28)25-12-3-5-17-13(8-12)20(26)24-16-7-11(21)2-4-18(16)29-17/h2-9,25H,1H3,(H,24,26). The number of fused-ring (bicyclic) bond motifs is 2. The molecule has 1 amide bonds. The summed E-state index contributed by atoms with van der Waals surface area (Å²) in [6.07, 6.45) is 0. The average molecular weight is 484 g/mol. The Hall–Kier alpha value is -2.45. The monoisotopic (exact) mass is 482 g/mol. The maximum absolute atomic E-state index is 12.8. The number of hydrogen-bond donors (Lipinski definition) is 2. The summed E-state index contributed by atoms with van der Waals surface area (Å²) in [7, 11) is -4.03. The molecule has 6 nitrogen and oxygen atoms in total. The molecule has 1 heterocycles. The minimum Gasteiger partial charge on any atom is -0.454 e. The van der Waals surface area contributed by atoms with E-state index < -0.39 is 15.9 Å². The highest BCUT2D eigenvalue weighted by Crippen LogP contribution is 2.38.